The molecular formula is C17H18N2O3. The van der Waals surface area contributed by atoms with Gasteiger partial charge in [0.05, 0.1) is 12.7 Å². The molecule has 0 saturated heterocycles. The molecule has 1 aromatic carbocycles. The summed E-state index contributed by atoms with van der Waals surface area (Å²) < 4.78 is 6.67. The zero-order valence-electron chi connectivity index (χ0n) is 12.7. The lowest BCUT2D eigenvalue weighted by Gasteiger charge is -2.30. The van der Waals surface area contributed by atoms with E-state index in [1.54, 1.807) is 31.3 Å². The predicted molar refractivity (Wildman–Crippen MR) is 84.7 cm³/mol. The van der Waals surface area contributed by atoms with Crippen molar-refractivity contribution in [2.45, 2.75) is 12.8 Å². The Labute approximate surface area is 128 Å². The number of hydrogen-bond acceptors (Lipinski definition) is 3. The van der Waals surface area contributed by atoms with Gasteiger partial charge in [0, 0.05) is 31.5 Å². The lowest BCUT2D eigenvalue weighted by atomic mass is 10.0. The molecule has 1 aliphatic rings. The molecule has 5 heteroatoms. The Balaban J connectivity index is 1.98. The van der Waals surface area contributed by atoms with E-state index >= 15 is 0 Å². The van der Waals surface area contributed by atoms with Gasteiger partial charge in [-0.25, -0.2) is 0 Å². The Bertz CT molecular complexity index is 780. The van der Waals surface area contributed by atoms with Crippen molar-refractivity contribution in [2.24, 2.45) is 7.05 Å². The zero-order chi connectivity index (χ0) is 15.7. The first kappa shape index (κ1) is 14.4. The molecule has 0 atom stereocenters. The average molecular weight is 298 g/mol. The molecule has 0 spiro atoms. The number of nitrogens with zero attached hydrogens (tertiary/aromatic N) is 2. The molecule has 2 aromatic rings. The lowest BCUT2D eigenvalue weighted by molar-refractivity contribution is 0.0984. The Kier molecular flexibility index (Phi) is 3.71. The highest BCUT2D eigenvalue weighted by Crippen LogP contribution is 2.31. The molecule has 1 amide bonds. The first-order chi connectivity index (χ1) is 10.6. The lowest BCUT2D eigenvalue weighted by Crippen LogP contribution is -2.36. The predicted octanol–water partition coefficient (Wildman–Crippen LogP) is 1.99. The maximum Gasteiger partial charge on any atom is 0.259 e. The summed E-state index contributed by atoms with van der Waals surface area (Å²) >= 11 is 0. The molecule has 0 aliphatic carbocycles. The number of benzene rings is 1. The van der Waals surface area contributed by atoms with Crippen LogP contribution in [0.5, 0.6) is 5.75 Å². The minimum atomic E-state index is -0.125. The molecule has 5 nitrogen and oxygen atoms in total. The van der Waals surface area contributed by atoms with Crippen molar-refractivity contribution in [3.63, 3.8) is 0 Å². The van der Waals surface area contributed by atoms with Crippen molar-refractivity contribution in [1.82, 2.24) is 4.57 Å². The highest BCUT2D eigenvalue weighted by molar-refractivity contribution is 6.06. The van der Waals surface area contributed by atoms with Gasteiger partial charge in [-0.2, -0.15) is 0 Å². The molecule has 0 N–H and O–H groups in total. The summed E-state index contributed by atoms with van der Waals surface area (Å²) in [7, 11) is 3.28. The number of carbonyl (C=O) groups excluding carboxylic acids is 1. The number of carbonyl (C=O) groups is 1. The maximum atomic E-state index is 12.8. The topological polar surface area (TPSA) is 51.5 Å². The number of amides is 1. The molecule has 1 aromatic heterocycles. The Morgan fingerprint density at radius 2 is 2.05 bits per heavy atom. The van der Waals surface area contributed by atoms with Gasteiger partial charge in [0.15, 0.2) is 0 Å². The maximum absolute atomic E-state index is 12.8. The summed E-state index contributed by atoms with van der Waals surface area (Å²) in [6.45, 7) is 0.682. The fourth-order valence-electron chi connectivity index (χ4n) is 2.79. The van der Waals surface area contributed by atoms with Gasteiger partial charge in [-0.3, -0.25) is 9.59 Å². The molecule has 0 unspecified atom stereocenters. The zero-order valence-corrected chi connectivity index (χ0v) is 12.7. The van der Waals surface area contributed by atoms with Crippen LogP contribution >= 0.6 is 0 Å². The number of aromatic nitrogens is 1. The Morgan fingerprint density at radius 1 is 1.23 bits per heavy atom. The van der Waals surface area contributed by atoms with Gasteiger partial charge < -0.3 is 14.2 Å². The molecule has 114 valence electrons. The summed E-state index contributed by atoms with van der Waals surface area (Å²) in [4.78, 5) is 26.0. The Morgan fingerprint density at radius 3 is 2.77 bits per heavy atom. The van der Waals surface area contributed by atoms with Crippen molar-refractivity contribution in [3.05, 3.63) is 58.0 Å². The third-order valence-corrected chi connectivity index (χ3v) is 3.98. The second-order valence-corrected chi connectivity index (χ2v) is 5.42. The van der Waals surface area contributed by atoms with Crippen molar-refractivity contribution >= 4 is 11.6 Å². The standard InChI is InChI=1S/C17H18N2O3/c1-18-11-13(5-8-16(18)20)17(21)19-9-3-4-12-10-14(22-2)6-7-15(12)19/h5-8,10-11H,3-4,9H2,1-2H3. The van der Waals surface area contributed by atoms with Crippen molar-refractivity contribution in [1.29, 1.82) is 0 Å². The van der Waals surface area contributed by atoms with E-state index in [1.807, 2.05) is 18.2 Å². The van der Waals surface area contributed by atoms with Crippen molar-refractivity contribution in [3.8, 4) is 5.75 Å². The number of fused-ring (bicyclic) bond motifs is 1. The molecule has 1 aliphatic heterocycles. The van der Waals surface area contributed by atoms with Crippen LogP contribution in [0.25, 0.3) is 0 Å². The SMILES string of the molecule is COc1ccc2c(c1)CCCN2C(=O)c1ccc(=O)n(C)c1. The van der Waals surface area contributed by atoms with E-state index in [0.717, 1.165) is 29.8 Å². The normalized spacial score (nSPS) is 13.6. The first-order valence-corrected chi connectivity index (χ1v) is 7.25. The summed E-state index contributed by atoms with van der Waals surface area (Å²) in [5.41, 5.74) is 2.43. The van der Waals surface area contributed by atoms with Crippen LogP contribution in [0.15, 0.2) is 41.3 Å². The summed E-state index contributed by atoms with van der Waals surface area (Å²) in [5, 5.41) is 0. The van der Waals surface area contributed by atoms with Crippen LogP contribution in [-0.4, -0.2) is 24.1 Å². The van der Waals surface area contributed by atoms with Crippen LogP contribution in [0.1, 0.15) is 22.3 Å². The Hall–Kier alpha value is -2.56. The van der Waals surface area contributed by atoms with E-state index in [1.165, 1.54) is 10.6 Å². The number of aryl methyl sites for hydroxylation is 2. The number of hydrogen-bond donors (Lipinski definition) is 0. The fraction of sp³-hybridized carbons (Fsp3) is 0.294. The summed E-state index contributed by atoms with van der Waals surface area (Å²) in [6.07, 6.45) is 3.43. The largest absolute Gasteiger partial charge is 0.497 e. The second-order valence-electron chi connectivity index (χ2n) is 5.42. The third kappa shape index (κ3) is 2.50. The van der Waals surface area contributed by atoms with Gasteiger partial charge in [-0.05, 0) is 42.7 Å². The minimum Gasteiger partial charge on any atom is -0.497 e. The van der Waals surface area contributed by atoms with Crippen LogP contribution in [0.2, 0.25) is 0 Å². The van der Waals surface area contributed by atoms with Gasteiger partial charge in [0.1, 0.15) is 5.75 Å². The van der Waals surface area contributed by atoms with Gasteiger partial charge in [-0.1, -0.05) is 0 Å². The minimum absolute atomic E-state index is 0.0817. The molecule has 0 saturated carbocycles. The van der Waals surface area contributed by atoms with Crippen molar-refractivity contribution < 1.29 is 9.53 Å². The number of ether oxygens (including phenoxy) is 1. The van der Waals surface area contributed by atoms with Crippen LogP contribution in [0.3, 0.4) is 0 Å². The highest BCUT2D eigenvalue weighted by atomic mass is 16.5. The molecule has 2 heterocycles. The van der Waals surface area contributed by atoms with E-state index in [2.05, 4.69) is 0 Å². The third-order valence-electron chi connectivity index (χ3n) is 3.98. The highest BCUT2D eigenvalue weighted by Gasteiger charge is 2.24. The molecule has 0 fully saturated rings. The van der Waals surface area contributed by atoms with Crippen LogP contribution in [0.4, 0.5) is 5.69 Å². The van der Waals surface area contributed by atoms with Gasteiger partial charge in [0.2, 0.25) is 5.56 Å². The molecule has 3 rings (SSSR count). The van der Waals surface area contributed by atoms with Crippen LogP contribution in [0, 0.1) is 0 Å². The van der Waals surface area contributed by atoms with Gasteiger partial charge in [-0.15, -0.1) is 0 Å². The van der Waals surface area contributed by atoms with Crippen molar-refractivity contribution in [2.75, 3.05) is 18.6 Å². The van der Waals surface area contributed by atoms with E-state index in [4.69, 9.17) is 4.74 Å². The van der Waals surface area contributed by atoms with Gasteiger partial charge >= 0.3 is 0 Å². The molecule has 0 bridgehead atoms. The van der Waals surface area contributed by atoms with E-state index in [0.29, 0.717) is 12.1 Å². The van der Waals surface area contributed by atoms with E-state index < -0.39 is 0 Å². The van der Waals surface area contributed by atoms with Crippen LogP contribution < -0.4 is 15.2 Å². The van der Waals surface area contributed by atoms with Crippen LogP contribution in [-0.2, 0) is 13.5 Å². The van der Waals surface area contributed by atoms with Gasteiger partial charge in [0.25, 0.3) is 5.91 Å². The first-order valence-electron chi connectivity index (χ1n) is 7.25. The molecule has 22 heavy (non-hydrogen) atoms. The summed E-state index contributed by atoms with van der Waals surface area (Å²) in [5.74, 6) is 0.719. The second kappa shape index (κ2) is 5.67. The number of pyridine rings is 1. The molecular weight excluding hydrogens is 280 g/mol. The summed E-state index contributed by atoms with van der Waals surface area (Å²) in [6, 6.07) is 8.78. The number of methoxy groups -OCH3 is 1. The number of rotatable bonds is 2. The average Bonchev–Trinajstić information content (AvgIpc) is 2.55. The molecule has 0 radical (unpaired) electrons. The van der Waals surface area contributed by atoms with E-state index in [9.17, 15) is 9.59 Å². The smallest absolute Gasteiger partial charge is 0.259 e. The van der Waals surface area contributed by atoms with E-state index in [-0.39, 0.29) is 11.5 Å². The monoisotopic (exact) mass is 298 g/mol. The number of anilines is 1. The fourth-order valence-corrected chi connectivity index (χ4v) is 2.79. The quantitative estimate of drug-likeness (QED) is 0.852.